The second kappa shape index (κ2) is 8.30. The molecule has 1 aliphatic carbocycles. The normalized spacial score (nSPS) is 17.2. The largest absolute Gasteiger partial charge is 0.306 e. The van der Waals surface area contributed by atoms with Crippen LogP contribution in [0.2, 0.25) is 0 Å². The fourth-order valence-corrected chi connectivity index (χ4v) is 1.50. The molecule has 0 unspecified atom stereocenters. The van der Waals surface area contributed by atoms with Gasteiger partial charge in [-0.3, -0.25) is 0 Å². The van der Waals surface area contributed by atoms with Gasteiger partial charge in [-0.05, 0) is 25.6 Å². The molecule has 0 saturated carbocycles. The SMILES string of the molecule is CC.CCN(C)CCC1=CC=CC(C)(C)C=C1. The van der Waals surface area contributed by atoms with Gasteiger partial charge in [0.1, 0.15) is 0 Å². The van der Waals surface area contributed by atoms with Crippen LogP contribution in [-0.2, 0) is 0 Å². The summed E-state index contributed by atoms with van der Waals surface area (Å²) in [6.07, 6.45) is 12.4. The first-order chi connectivity index (χ1) is 8.03. The zero-order valence-corrected chi connectivity index (χ0v) is 12.5. The Hall–Kier alpha value is -0.820. The van der Waals surface area contributed by atoms with Crippen molar-refractivity contribution in [2.75, 3.05) is 20.1 Å². The predicted octanol–water partition coefficient (Wildman–Crippen LogP) is 4.43. The van der Waals surface area contributed by atoms with E-state index >= 15 is 0 Å². The zero-order valence-electron chi connectivity index (χ0n) is 12.5. The Balaban J connectivity index is 0.00000121. The summed E-state index contributed by atoms with van der Waals surface area (Å²) >= 11 is 0. The van der Waals surface area contributed by atoms with E-state index in [4.69, 9.17) is 0 Å². The third-order valence-electron chi connectivity index (χ3n) is 2.89. The van der Waals surface area contributed by atoms with Gasteiger partial charge in [-0.1, -0.05) is 65.0 Å². The first-order valence-electron chi connectivity index (χ1n) is 6.80. The van der Waals surface area contributed by atoms with E-state index in [1.165, 1.54) is 5.57 Å². The monoisotopic (exact) mass is 235 g/mol. The molecule has 0 bridgehead atoms. The van der Waals surface area contributed by atoms with Gasteiger partial charge in [0.25, 0.3) is 0 Å². The lowest BCUT2D eigenvalue weighted by Gasteiger charge is -2.14. The standard InChI is InChI=1S/C14H23N.C2H6/c1-5-15(4)12-9-13-7-6-10-14(2,3)11-8-13;1-2/h6-8,10-11H,5,9,12H2,1-4H3;1-2H3. The van der Waals surface area contributed by atoms with Crippen LogP contribution in [0.15, 0.2) is 36.0 Å². The van der Waals surface area contributed by atoms with Crippen molar-refractivity contribution in [2.24, 2.45) is 5.41 Å². The second-order valence-corrected chi connectivity index (χ2v) is 4.90. The Bertz CT molecular complexity index is 282. The Labute approximate surface area is 108 Å². The molecule has 0 aromatic heterocycles. The van der Waals surface area contributed by atoms with E-state index in [2.05, 4.69) is 63.1 Å². The molecule has 0 fully saturated rings. The number of allylic oxidation sites excluding steroid dienone is 5. The maximum atomic E-state index is 2.34. The quantitative estimate of drug-likeness (QED) is 0.696. The highest BCUT2D eigenvalue weighted by Crippen LogP contribution is 2.23. The van der Waals surface area contributed by atoms with E-state index < -0.39 is 0 Å². The highest BCUT2D eigenvalue weighted by atomic mass is 15.1. The van der Waals surface area contributed by atoms with Crippen LogP contribution in [0.4, 0.5) is 0 Å². The topological polar surface area (TPSA) is 3.24 Å². The molecule has 0 N–H and O–H groups in total. The van der Waals surface area contributed by atoms with E-state index in [0.29, 0.717) is 0 Å². The van der Waals surface area contributed by atoms with Gasteiger partial charge in [-0.2, -0.15) is 0 Å². The number of hydrogen-bond donors (Lipinski definition) is 0. The lowest BCUT2D eigenvalue weighted by Crippen LogP contribution is -2.18. The van der Waals surface area contributed by atoms with Crippen molar-refractivity contribution in [2.45, 2.75) is 41.0 Å². The van der Waals surface area contributed by atoms with Crippen molar-refractivity contribution >= 4 is 0 Å². The maximum Gasteiger partial charge on any atom is 0.00187 e. The summed E-state index contributed by atoms with van der Waals surface area (Å²) in [7, 11) is 2.17. The first kappa shape index (κ1) is 16.2. The van der Waals surface area contributed by atoms with Gasteiger partial charge in [0.15, 0.2) is 0 Å². The Kier molecular flexibility index (Phi) is 7.90. The van der Waals surface area contributed by atoms with Crippen LogP contribution < -0.4 is 0 Å². The van der Waals surface area contributed by atoms with Crippen LogP contribution in [0.3, 0.4) is 0 Å². The average molecular weight is 235 g/mol. The molecule has 0 aliphatic heterocycles. The summed E-state index contributed by atoms with van der Waals surface area (Å²) in [5.41, 5.74) is 1.63. The van der Waals surface area contributed by atoms with Crippen LogP contribution in [-0.4, -0.2) is 25.0 Å². The number of rotatable bonds is 4. The smallest absolute Gasteiger partial charge is 0.00187 e. The lowest BCUT2D eigenvalue weighted by atomic mass is 9.93. The highest BCUT2D eigenvalue weighted by molar-refractivity contribution is 5.30. The minimum atomic E-state index is 0.203. The molecule has 0 aromatic rings. The minimum absolute atomic E-state index is 0.203. The third-order valence-corrected chi connectivity index (χ3v) is 2.89. The van der Waals surface area contributed by atoms with Crippen molar-refractivity contribution < 1.29 is 0 Å². The molecule has 17 heavy (non-hydrogen) atoms. The van der Waals surface area contributed by atoms with Crippen LogP contribution in [0.1, 0.15) is 41.0 Å². The summed E-state index contributed by atoms with van der Waals surface area (Å²) < 4.78 is 0. The Morgan fingerprint density at radius 2 is 1.82 bits per heavy atom. The van der Waals surface area contributed by atoms with Gasteiger partial charge in [-0.25, -0.2) is 0 Å². The van der Waals surface area contributed by atoms with Gasteiger partial charge in [0, 0.05) is 12.0 Å². The lowest BCUT2D eigenvalue weighted by molar-refractivity contribution is 0.358. The molecule has 0 heterocycles. The molecule has 1 heteroatoms. The van der Waals surface area contributed by atoms with Crippen molar-refractivity contribution in [3.63, 3.8) is 0 Å². The summed E-state index contributed by atoms with van der Waals surface area (Å²) in [5.74, 6) is 0. The molecule has 98 valence electrons. The molecule has 0 amide bonds. The Morgan fingerprint density at radius 3 is 2.41 bits per heavy atom. The van der Waals surface area contributed by atoms with Crippen molar-refractivity contribution in [1.82, 2.24) is 4.90 Å². The van der Waals surface area contributed by atoms with E-state index in [0.717, 1.165) is 19.5 Å². The molecular weight excluding hydrogens is 206 g/mol. The fourth-order valence-electron chi connectivity index (χ4n) is 1.50. The Morgan fingerprint density at radius 1 is 1.18 bits per heavy atom. The van der Waals surface area contributed by atoms with E-state index in [1.807, 2.05) is 13.8 Å². The summed E-state index contributed by atoms with van der Waals surface area (Å²) in [6, 6.07) is 0. The van der Waals surface area contributed by atoms with Crippen LogP contribution in [0.5, 0.6) is 0 Å². The molecule has 1 aliphatic rings. The zero-order chi connectivity index (χ0) is 13.3. The number of nitrogens with zero attached hydrogens (tertiary/aromatic N) is 1. The van der Waals surface area contributed by atoms with Gasteiger partial charge in [-0.15, -0.1) is 0 Å². The molecular formula is C16H29N. The molecule has 0 atom stereocenters. The fraction of sp³-hybridized carbons (Fsp3) is 0.625. The molecule has 1 rings (SSSR count). The van der Waals surface area contributed by atoms with Crippen LogP contribution >= 0.6 is 0 Å². The van der Waals surface area contributed by atoms with Crippen LogP contribution in [0, 0.1) is 5.41 Å². The van der Waals surface area contributed by atoms with Crippen LogP contribution in [0.25, 0.3) is 0 Å². The molecule has 1 nitrogen and oxygen atoms in total. The van der Waals surface area contributed by atoms with E-state index in [-0.39, 0.29) is 5.41 Å². The van der Waals surface area contributed by atoms with E-state index in [1.54, 1.807) is 0 Å². The first-order valence-corrected chi connectivity index (χ1v) is 6.80. The predicted molar refractivity (Wildman–Crippen MR) is 79.3 cm³/mol. The average Bonchev–Trinajstić information content (AvgIpc) is 2.50. The van der Waals surface area contributed by atoms with Gasteiger partial charge < -0.3 is 4.90 Å². The van der Waals surface area contributed by atoms with Gasteiger partial charge >= 0.3 is 0 Å². The molecule has 0 spiro atoms. The van der Waals surface area contributed by atoms with Gasteiger partial charge in [0.05, 0.1) is 0 Å². The van der Waals surface area contributed by atoms with Crippen molar-refractivity contribution in [1.29, 1.82) is 0 Å². The molecule has 0 saturated heterocycles. The molecule has 0 aromatic carbocycles. The van der Waals surface area contributed by atoms with Gasteiger partial charge in [0.2, 0.25) is 0 Å². The maximum absolute atomic E-state index is 2.34. The highest BCUT2D eigenvalue weighted by Gasteiger charge is 2.10. The third kappa shape index (κ3) is 7.17. The minimum Gasteiger partial charge on any atom is -0.306 e. The van der Waals surface area contributed by atoms with Crippen molar-refractivity contribution in [3.05, 3.63) is 36.0 Å². The summed E-state index contributed by atoms with van der Waals surface area (Å²) in [5, 5.41) is 0. The van der Waals surface area contributed by atoms with E-state index in [9.17, 15) is 0 Å². The summed E-state index contributed by atoms with van der Waals surface area (Å²) in [6.45, 7) is 12.9. The number of hydrogen-bond acceptors (Lipinski definition) is 1. The second-order valence-electron chi connectivity index (χ2n) is 4.90. The van der Waals surface area contributed by atoms with Crippen molar-refractivity contribution in [3.8, 4) is 0 Å². The molecule has 0 radical (unpaired) electrons. The summed E-state index contributed by atoms with van der Waals surface area (Å²) in [4.78, 5) is 2.34.